The molecule has 1 rings (SSSR count). The third-order valence-corrected chi connectivity index (χ3v) is 3.17. The van der Waals surface area contributed by atoms with Gasteiger partial charge in [0.1, 0.15) is 6.61 Å². The quantitative estimate of drug-likeness (QED) is 0.422. The number of phenolic OH excluding ortho intramolecular Hbond substituents is 1. The molecule has 0 fully saturated rings. The van der Waals surface area contributed by atoms with Crippen LogP contribution in [0.1, 0.15) is 45.1 Å². The first-order valence-electron chi connectivity index (χ1n) is 7.71. The average molecular weight is 306 g/mol. The predicted octanol–water partition coefficient (Wildman–Crippen LogP) is 4.22. The predicted molar refractivity (Wildman–Crippen MR) is 86.9 cm³/mol. The number of carbonyl (C=O) groups is 1. The molecule has 22 heavy (non-hydrogen) atoms. The van der Waals surface area contributed by atoms with Gasteiger partial charge < -0.3 is 14.6 Å². The summed E-state index contributed by atoms with van der Waals surface area (Å²) in [4.78, 5) is 11.7. The van der Waals surface area contributed by atoms with Crippen molar-refractivity contribution in [2.24, 2.45) is 5.92 Å². The maximum absolute atomic E-state index is 11.7. The number of ether oxygens (including phenoxy) is 2. The van der Waals surface area contributed by atoms with Crippen LogP contribution in [0.3, 0.4) is 0 Å². The fraction of sp³-hybridized carbons (Fsp3) is 0.500. The molecular weight excluding hydrogens is 280 g/mol. The molecule has 0 amide bonds. The van der Waals surface area contributed by atoms with Crippen LogP contribution in [0.25, 0.3) is 0 Å². The Morgan fingerprint density at radius 2 is 2.09 bits per heavy atom. The zero-order valence-electron chi connectivity index (χ0n) is 13.7. The molecule has 4 heteroatoms. The second kappa shape index (κ2) is 9.87. The normalized spacial score (nSPS) is 11.1. The molecule has 0 saturated carbocycles. The highest BCUT2D eigenvalue weighted by Crippen LogP contribution is 2.26. The molecule has 0 aliphatic heterocycles. The molecular formula is C18H26O4. The molecule has 122 valence electrons. The fourth-order valence-electron chi connectivity index (χ4n) is 1.95. The highest BCUT2D eigenvalue weighted by atomic mass is 16.5. The molecule has 0 radical (unpaired) electrons. The second-order valence-electron chi connectivity index (χ2n) is 5.58. The van der Waals surface area contributed by atoms with Crippen molar-refractivity contribution >= 4 is 5.97 Å². The van der Waals surface area contributed by atoms with Crippen LogP contribution >= 0.6 is 0 Å². The van der Waals surface area contributed by atoms with Crippen LogP contribution in [0.4, 0.5) is 0 Å². The van der Waals surface area contributed by atoms with E-state index in [-0.39, 0.29) is 18.3 Å². The van der Waals surface area contributed by atoms with Crippen molar-refractivity contribution in [3.63, 3.8) is 0 Å². The molecule has 0 heterocycles. The lowest BCUT2D eigenvalue weighted by molar-refractivity contribution is -0.145. The Labute approximate surface area is 132 Å². The summed E-state index contributed by atoms with van der Waals surface area (Å²) >= 11 is 0. The van der Waals surface area contributed by atoms with E-state index in [9.17, 15) is 9.90 Å². The van der Waals surface area contributed by atoms with Gasteiger partial charge in [-0.25, -0.2) is 0 Å². The molecule has 0 saturated heterocycles. The Morgan fingerprint density at radius 3 is 2.77 bits per heavy atom. The summed E-state index contributed by atoms with van der Waals surface area (Å²) < 4.78 is 10.2. The van der Waals surface area contributed by atoms with E-state index in [0.717, 1.165) is 24.8 Å². The first-order valence-corrected chi connectivity index (χ1v) is 7.71. The zero-order chi connectivity index (χ0) is 16.4. The number of rotatable bonds is 9. The Hall–Kier alpha value is -1.97. The van der Waals surface area contributed by atoms with E-state index in [1.807, 2.05) is 0 Å². The first-order chi connectivity index (χ1) is 10.5. The number of benzene rings is 1. The average Bonchev–Trinajstić information content (AvgIpc) is 2.49. The van der Waals surface area contributed by atoms with Crippen LogP contribution in [0.2, 0.25) is 0 Å². The Bertz CT molecular complexity index is 492. The van der Waals surface area contributed by atoms with Crippen LogP contribution in [-0.2, 0) is 16.1 Å². The minimum Gasteiger partial charge on any atom is -0.504 e. The van der Waals surface area contributed by atoms with Gasteiger partial charge in [0, 0.05) is 6.42 Å². The van der Waals surface area contributed by atoms with Crippen LogP contribution in [0, 0.1) is 5.92 Å². The van der Waals surface area contributed by atoms with Crippen LogP contribution < -0.4 is 4.74 Å². The van der Waals surface area contributed by atoms with E-state index in [0.29, 0.717) is 18.1 Å². The van der Waals surface area contributed by atoms with Crippen LogP contribution in [-0.4, -0.2) is 18.2 Å². The Balaban J connectivity index is 2.23. The minimum absolute atomic E-state index is 0.0760. The number of hydrogen-bond donors (Lipinski definition) is 1. The van der Waals surface area contributed by atoms with Crippen molar-refractivity contribution in [2.75, 3.05) is 7.11 Å². The molecule has 1 N–H and O–H groups in total. The van der Waals surface area contributed by atoms with E-state index in [1.165, 1.54) is 13.2 Å². The van der Waals surface area contributed by atoms with Crippen molar-refractivity contribution in [1.29, 1.82) is 0 Å². The van der Waals surface area contributed by atoms with Crippen molar-refractivity contribution in [1.82, 2.24) is 0 Å². The molecule has 0 atom stereocenters. The zero-order valence-corrected chi connectivity index (χ0v) is 13.7. The van der Waals surface area contributed by atoms with Gasteiger partial charge in [-0.2, -0.15) is 0 Å². The molecule has 4 nitrogen and oxygen atoms in total. The minimum atomic E-state index is -0.195. The van der Waals surface area contributed by atoms with Gasteiger partial charge in [-0.15, -0.1) is 0 Å². The third kappa shape index (κ3) is 7.16. The number of carbonyl (C=O) groups excluding carboxylic acids is 1. The molecule has 0 unspecified atom stereocenters. The maximum atomic E-state index is 11.7. The molecule has 0 aliphatic carbocycles. The summed E-state index contributed by atoms with van der Waals surface area (Å²) in [6.07, 6.45) is 7.60. The summed E-state index contributed by atoms with van der Waals surface area (Å²) in [7, 11) is 1.48. The van der Waals surface area contributed by atoms with Crippen molar-refractivity contribution < 1.29 is 19.4 Å². The smallest absolute Gasteiger partial charge is 0.306 e. The van der Waals surface area contributed by atoms with Gasteiger partial charge >= 0.3 is 5.97 Å². The number of allylic oxidation sites excluding steroid dienone is 2. The van der Waals surface area contributed by atoms with E-state index in [2.05, 4.69) is 26.0 Å². The fourth-order valence-corrected chi connectivity index (χ4v) is 1.95. The highest BCUT2D eigenvalue weighted by molar-refractivity contribution is 5.69. The van der Waals surface area contributed by atoms with Gasteiger partial charge in [0.05, 0.1) is 7.11 Å². The van der Waals surface area contributed by atoms with Gasteiger partial charge in [-0.3, -0.25) is 4.79 Å². The number of unbranched alkanes of at least 4 members (excludes halogenated alkanes) is 2. The van der Waals surface area contributed by atoms with Crippen LogP contribution in [0.5, 0.6) is 11.5 Å². The van der Waals surface area contributed by atoms with Gasteiger partial charge in [-0.05, 0) is 42.9 Å². The Morgan fingerprint density at radius 1 is 1.32 bits per heavy atom. The Kier molecular flexibility index (Phi) is 8.11. The molecule has 0 aromatic heterocycles. The number of hydrogen-bond acceptors (Lipinski definition) is 4. The molecule has 1 aromatic rings. The molecule has 0 spiro atoms. The van der Waals surface area contributed by atoms with Crippen molar-refractivity contribution in [2.45, 2.75) is 46.1 Å². The molecule has 0 bridgehead atoms. The topological polar surface area (TPSA) is 55.8 Å². The highest BCUT2D eigenvalue weighted by Gasteiger charge is 2.06. The number of methoxy groups -OCH3 is 1. The van der Waals surface area contributed by atoms with E-state index in [4.69, 9.17) is 9.47 Å². The summed E-state index contributed by atoms with van der Waals surface area (Å²) in [5, 5.41) is 9.50. The van der Waals surface area contributed by atoms with Crippen molar-refractivity contribution in [3.05, 3.63) is 35.9 Å². The summed E-state index contributed by atoms with van der Waals surface area (Å²) in [5.41, 5.74) is 0.794. The van der Waals surface area contributed by atoms with E-state index in [1.54, 1.807) is 12.1 Å². The van der Waals surface area contributed by atoms with E-state index >= 15 is 0 Å². The monoisotopic (exact) mass is 306 g/mol. The standard InChI is InChI=1S/C18H26O4/c1-14(2)8-6-4-5-7-9-18(20)22-13-15-10-11-16(19)17(12-15)21-3/h6,8,10-12,14,19H,4-5,7,9,13H2,1-3H3. The van der Waals surface area contributed by atoms with Gasteiger partial charge in [0.2, 0.25) is 0 Å². The van der Waals surface area contributed by atoms with E-state index < -0.39 is 0 Å². The lowest BCUT2D eigenvalue weighted by Gasteiger charge is -2.08. The second-order valence-corrected chi connectivity index (χ2v) is 5.58. The number of esters is 1. The number of aromatic hydroxyl groups is 1. The van der Waals surface area contributed by atoms with Gasteiger partial charge in [0.15, 0.2) is 11.5 Å². The van der Waals surface area contributed by atoms with Crippen molar-refractivity contribution in [3.8, 4) is 11.5 Å². The molecule has 1 aromatic carbocycles. The largest absolute Gasteiger partial charge is 0.504 e. The van der Waals surface area contributed by atoms with Gasteiger partial charge in [-0.1, -0.05) is 32.1 Å². The first kappa shape index (κ1) is 18.1. The SMILES string of the molecule is COc1cc(COC(=O)CCCCC=CC(C)C)ccc1O. The van der Waals surface area contributed by atoms with Gasteiger partial charge in [0.25, 0.3) is 0 Å². The van der Waals surface area contributed by atoms with Crippen LogP contribution in [0.15, 0.2) is 30.4 Å². The third-order valence-electron chi connectivity index (χ3n) is 3.17. The molecule has 0 aliphatic rings. The lowest BCUT2D eigenvalue weighted by Crippen LogP contribution is -2.04. The summed E-state index contributed by atoms with van der Waals surface area (Å²) in [6, 6.07) is 4.91. The number of phenols is 1. The summed E-state index contributed by atoms with van der Waals surface area (Å²) in [6.45, 7) is 4.49. The lowest BCUT2D eigenvalue weighted by atomic mass is 10.1. The maximum Gasteiger partial charge on any atom is 0.306 e. The summed E-state index contributed by atoms with van der Waals surface area (Å²) in [5.74, 6) is 0.838.